The number of amides is 2. The average molecular weight is 482 g/mol. The van der Waals surface area contributed by atoms with E-state index >= 15 is 0 Å². The molecular formula is C25H28ClN5O3. The smallest absolute Gasteiger partial charge is 0.407 e. The molecule has 2 aliphatic heterocycles. The van der Waals surface area contributed by atoms with Gasteiger partial charge in [0.1, 0.15) is 11.9 Å². The summed E-state index contributed by atoms with van der Waals surface area (Å²) in [5, 5.41) is 19.3. The number of rotatable bonds is 4. The molecule has 0 bridgehead atoms. The number of hydrogen-bond acceptors (Lipinski definition) is 5. The highest BCUT2D eigenvalue weighted by Crippen LogP contribution is 2.41. The Labute approximate surface area is 204 Å². The molecular weight excluding hydrogens is 454 g/mol. The van der Waals surface area contributed by atoms with Gasteiger partial charge in [-0.25, -0.2) is 9.78 Å². The second-order valence-corrected chi connectivity index (χ2v) is 9.74. The first kappa shape index (κ1) is 23.8. The highest BCUT2D eigenvalue weighted by molar-refractivity contribution is 6.30. The lowest BCUT2D eigenvalue weighted by Gasteiger charge is -2.38. The summed E-state index contributed by atoms with van der Waals surface area (Å²) in [5.74, 6) is 0.620. The van der Waals surface area contributed by atoms with Gasteiger partial charge in [-0.1, -0.05) is 23.7 Å². The lowest BCUT2D eigenvalue weighted by Crippen LogP contribution is -2.52. The minimum atomic E-state index is -1.01. The Balaban J connectivity index is 1.47. The van der Waals surface area contributed by atoms with E-state index in [0.29, 0.717) is 49.6 Å². The van der Waals surface area contributed by atoms with Gasteiger partial charge in [0.2, 0.25) is 5.91 Å². The summed E-state index contributed by atoms with van der Waals surface area (Å²) in [5.41, 5.74) is 0.743. The van der Waals surface area contributed by atoms with Crippen molar-refractivity contribution in [2.45, 2.75) is 31.2 Å². The van der Waals surface area contributed by atoms with Crippen LogP contribution in [0.1, 0.15) is 36.8 Å². The van der Waals surface area contributed by atoms with Gasteiger partial charge in [-0.3, -0.25) is 4.79 Å². The third kappa shape index (κ3) is 4.53. The molecule has 0 unspecified atom stereocenters. The number of nitrogens with zero attached hydrogens (tertiary/aromatic N) is 5. The molecule has 1 aromatic carbocycles. The standard InChI is InChI=1S/C25H28ClN5O3/c1-25(29(2)24(33)34)16-31(15-21(25)18-4-6-20(26)7-5-18)23(32)19-9-11-30(12-10-19)22-8-3-17(13-27)14-28-22/h3-8,14,19,21H,9-12,15-16H2,1-2H3,(H,33,34)/t21-,25+/m1/s1. The maximum Gasteiger partial charge on any atom is 0.407 e. The van der Waals surface area contributed by atoms with Crippen LogP contribution in [-0.4, -0.2) is 70.7 Å². The van der Waals surface area contributed by atoms with Crippen molar-refractivity contribution in [3.8, 4) is 6.07 Å². The molecule has 8 nitrogen and oxygen atoms in total. The van der Waals surface area contributed by atoms with Crippen molar-refractivity contribution in [3.05, 3.63) is 58.7 Å². The third-order valence-corrected chi connectivity index (χ3v) is 7.60. The number of carbonyl (C=O) groups excluding carboxylic acids is 1. The molecule has 1 aromatic heterocycles. The summed E-state index contributed by atoms with van der Waals surface area (Å²) < 4.78 is 0. The first-order chi connectivity index (χ1) is 16.2. The number of likely N-dealkylation sites (N-methyl/N-ethyl adjacent to an activating group) is 1. The number of halogens is 1. The van der Waals surface area contributed by atoms with Crippen molar-refractivity contribution >= 4 is 29.4 Å². The molecule has 2 saturated heterocycles. The van der Waals surface area contributed by atoms with Crippen LogP contribution in [0.2, 0.25) is 5.02 Å². The summed E-state index contributed by atoms with van der Waals surface area (Å²) >= 11 is 6.06. The van der Waals surface area contributed by atoms with Crippen LogP contribution in [0.25, 0.3) is 0 Å². The molecule has 2 fully saturated rings. The van der Waals surface area contributed by atoms with Crippen LogP contribution in [0.15, 0.2) is 42.6 Å². The molecule has 0 spiro atoms. The Hall–Kier alpha value is -3.31. The summed E-state index contributed by atoms with van der Waals surface area (Å²) in [6, 6.07) is 13.1. The minimum absolute atomic E-state index is 0.0777. The zero-order valence-corrected chi connectivity index (χ0v) is 20.1. The van der Waals surface area contributed by atoms with Crippen LogP contribution in [0.4, 0.5) is 10.6 Å². The van der Waals surface area contributed by atoms with Gasteiger partial charge in [0, 0.05) is 56.3 Å². The summed E-state index contributed by atoms with van der Waals surface area (Å²) in [6.07, 6.45) is 1.95. The van der Waals surface area contributed by atoms with Crippen molar-refractivity contribution in [2.24, 2.45) is 5.92 Å². The molecule has 2 atom stereocenters. The molecule has 178 valence electrons. The summed E-state index contributed by atoms with van der Waals surface area (Å²) in [4.78, 5) is 35.1. The maximum atomic E-state index is 13.5. The van der Waals surface area contributed by atoms with Crippen LogP contribution in [0.3, 0.4) is 0 Å². The number of pyridine rings is 1. The van der Waals surface area contributed by atoms with E-state index < -0.39 is 11.6 Å². The average Bonchev–Trinajstić information content (AvgIpc) is 3.22. The number of anilines is 1. The minimum Gasteiger partial charge on any atom is -0.465 e. The van der Waals surface area contributed by atoms with Gasteiger partial charge in [-0.2, -0.15) is 5.26 Å². The number of hydrogen-bond donors (Lipinski definition) is 1. The highest BCUT2D eigenvalue weighted by atomic mass is 35.5. The first-order valence-corrected chi connectivity index (χ1v) is 11.7. The van der Waals surface area contributed by atoms with E-state index in [1.807, 2.05) is 30.0 Å². The number of aromatic nitrogens is 1. The maximum absolute atomic E-state index is 13.5. The molecule has 2 aliphatic rings. The SMILES string of the molecule is CN(C(=O)O)[C@@]1(C)CN(C(=O)C2CCN(c3ccc(C#N)cn3)CC2)C[C@@H]1c1ccc(Cl)cc1. The van der Waals surface area contributed by atoms with E-state index in [0.717, 1.165) is 11.4 Å². The molecule has 0 aliphatic carbocycles. The van der Waals surface area contributed by atoms with Gasteiger partial charge in [0.05, 0.1) is 11.1 Å². The van der Waals surface area contributed by atoms with Crippen LogP contribution >= 0.6 is 11.6 Å². The Morgan fingerprint density at radius 2 is 1.88 bits per heavy atom. The number of carboxylic acid groups (broad SMARTS) is 1. The van der Waals surface area contributed by atoms with E-state index in [1.165, 1.54) is 4.90 Å². The number of piperidine rings is 1. The van der Waals surface area contributed by atoms with Crippen LogP contribution in [0, 0.1) is 17.2 Å². The molecule has 34 heavy (non-hydrogen) atoms. The Bertz CT molecular complexity index is 1090. The molecule has 2 amide bonds. The highest BCUT2D eigenvalue weighted by Gasteiger charge is 2.50. The van der Waals surface area contributed by atoms with Crippen molar-refractivity contribution in [1.29, 1.82) is 5.26 Å². The molecule has 4 rings (SSSR count). The molecule has 0 radical (unpaired) electrons. The van der Waals surface area contributed by atoms with Crippen molar-refractivity contribution in [1.82, 2.24) is 14.8 Å². The number of nitriles is 1. The first-order valence-electron chi connectivity index (χ1n) is 11.3. The number of benzene rings is 1. The molecule has 3 heterocycles. The molecule has 1 N–H and O–H groups in total. The number of carbonyl (C=O) groups is 2. The van der Waals surface area contributed by atoms with Gasteiger partial charge >= 0.3 is 6.09 Å². The zero-order valence-electron chi connectivity index (χ0n) is 19.3. The Kier molecular flexibility index (Phi) is 6.67. The van der Waals surface area contributed by atoms with E-state index in [4.69, 9.17) is 16.9 Å². The fourth-order valence-corrected chi connectivity index (χ4v) is 5.24. The third-order valence-electron chi connectivity index (χ3n) is 7.35. The van der Waals surface area contributed by atoms with Gasteiger partial charge < -0.3 is 19.8 Å². The molecule has 0 saturated carbocycles. The predicted molar refractivity (Wildman–Crippen MR) is 129 cm³/mol. The van der Waals surface area contributed by atoms with Gasteiger partial charge in [0.15, 0.2) is 0 Å². The quantitative estimate of drug-likeness (QED) is 0.712. The number of likely N-dealkylation sites (tertiary alicyclic amines) is 1. The fourth-order valence-electron chi connectivity index (χ4n) is 5.12. The zero-order chi connectivity index (χ0) is 24.5. The van der Waals surface area contributed by atoms with E-state index in [-0.39, 0.29) is 17.7 Å². The topological polar surface area (TPSA) is 101 Å². The second-order valence-electron chi connectivity index (χ2n) is 9.30. The lowest BCUT2D eigenvalue weighted by atomic mass is 9.82. The van der Waals surface area contributed by atoms with Gasteiger partial charge in [-0.15, -0.1) is 0 Å². The molecule has 9 heteroatoms. The summed E-state index contributed by atoms with van der Waals surface area (Å²) in [6.45, 7) is 4.13. The monoisotopic (exact) mass is 481 g/mol. The van der Waals surface area contributed by atoms with Crippen molar-refractivity contribution in [3.63, 3.8) is 0 Å². The fraction of sp³-hybridized carbons (Fsp3) is 0.440. The van der Waals surface area contributed by atoms with E-state index in [1.54, 1.807) is 31.4 Å². The van der Waals surface area contributed by atoms with Crippen molar-refractivity contribution in [2.75, 3.05) is 38.1 Å². The van der Waals surface area contributed by atoms with E-state index in [2.05, 4.69) is 16.0 Å². The van der Waals surface area contributed by atoms with Gasteiger partial charge in [0.25, 0.3) is 0 Å². The summed E-state index contributed by atoms with van der Waals surface area (Å²) in [7, 11) is 1.57. The van der Waals surface area contributed by atoms with Crippen LogP contribution in [-0.2, 0) is 4.79 Å². The van der Waals surface area contributed by atoms with Crippen molar-refractivity contribution < 1.29 is 14.7 Å². The van der Waals surface area contributed by atoms with Gasteiger partial charge in [-0.05, 0) is 49.6 Å². The van der Waals surface area contributed by atoms with Crippen LogP contribution < -0.4 is 4.90 Å². The Morgan fingerprint density at radius 1 is 1.21 bits per heavy atom. The normalized spacial score (nSPS) is 22.9. The predicted octanol–water partition coefficient (Wildman–Crippen LogP) is 3.82. The lowest BCUT2D eigenvalue weighted by molar-refractivity contribution is -0.135. The Morgan fingerprint density at radius 3 is 2.44 bits per heavy atom. The van der Waals surface area contributed by atoms with Crippen LogP contribution in [0.5, 0.6) is 0 Å². The van der Waals surface area contributed by atoms with E-state index in [9.17, 15) is 14.7 Å². The largest absolute Gasteiger partial charge is 0.465 e. The molecule has 2 aromatic rings. The second kappa shape index (κ2) is 9.51.